The summed E-state index contributed by atoms with van der Waals surface area (Å²) in [5.41, 5.74) is 0. The van der Waals surface area contributed by atoms with Crippen LogP contribution in [0.2, 0.25) is 5.02 Å². The number of imide groups is 1. The van der Waals surface area contributed by atoms with E-state index in [1.165, 1.54) is 0 Å². The van der Waals surface area contributed by atoms with E-state index in [1.807, 2.05) is 5.32 Å². The van der Waals surface area contributed by atoms with Crippen molar-refractivity contribution in [2.24, 2.45) is 0 Å². The van der Waals surface area contributed by atoms with E-state index in [2.05, 4.69) is 4.72 Å². The van der Waals surface area contributed by atoms with Crippen molar-refractivity contribution in [3.8, 4) is 0 Å². The molecule has 0 spiro atoms. The molecular weight excluding hydrogens is 311 g/mol. The summed E-state index contributed by atoms with van der Waals surface area (Å²) in [4.78, 5) is 22.0. The topological polar surface area (TPSA) is 92.3 Å². The number of carbonyl (C=O) groups is 2. The van der Waals surface area contributed by atoms with Gasteiger partial charge >= 0.3 is 0 Å². The van der Waals surface area contributed by atoms with Crippen LogP contribution in [0.15, 0.2) is 23.1 Å². The highest BCUT2D eigenvalue weighted by Gasteiger charge is 2.31. The van der Waals surface area contributed by atoms with Gasteiger partial charge in [-0.15, -0.1) is 0 Å². The normalized spacial score (nSPS) is 19.8. The zero-order valence-electron chi connectivity index (χ0n) is 10.0. The smallest absolute Gasteiger partial charge is 0.244 e. The average molecular weight is 321 g/mol. The minimum Gasteiger partial charge on any atom is -0.295 e. The van der Waals surface area contributed by atoms with Gasteiger partial charge in [-0.25, -0.2) is 12.8 Å². The van der Waals surface area contributed by atoms with E-state index in [-0.39, 0.29) is 17.9 Å². The van der Waals surface area contributed by atoms with Crippen LogP contribution in [0.1, 0.15) is 12.8 Å². The SMILES string of the molecule is O=C1CCC(NS(=O)(=O)c2cc(F)ccc2Cl)C(=O)N1. The lowest BCUT2D eigenvalue weighted by Crippen LogP contribution is -2.52. The Morgan fingerprint density at radius 1 is 1.35 bits per heavy atom. The van der Waals surface area contributed by atoms with E-state index in [0.29, 0.717) is 0 Å². The Morgan fingerprint density at radius 3 is 2.70 bits per heavy atom. The fourth-order valence-electron chi connectivity index (χ4n) is 1.74. The number of carbonyl (C=O) groups excluding carboxylic acids is 2. The van der Waals surface area contributed by atoms with Crippen LogP contribution >= 0.6 is 11.6 Å². The summed E-state index contributed by atoms with van der Waals surface area (Å²) in [6.45, 7) is 0. The van der Waals surface area contributed by atoms with Crippen LogP contribution in [-0.4, -0.2) is 26.3 Å². The summed E-state index contributed by atoms with van der Waals surface area (Å²) in [5, 5.41) is 1.86. The Balaban J connectivity index is 2.25. The van der Waals surface area contributed by atoms with Crippen LogP contribution in [0.25, 0.3) is 0 Å². The number of amides is 2. The summed E-state index contributed by atoms with van der Waals surface area (Å²) in [5.74, 6) is -1.97. The van der Waals surface area contributed by atoms with Crippen molar-refractivity contribution in [2.45, 2.75) is 23.8 Å². The Kier molecular flexibility index (Phi) is 4.07. The van der Waals surface area contributed by atoms with Gasteiger partial charge in [0, 0.05) is 6.42 Å². The van der Waals surface area contributed by atoms with E-state index >= 15 is 0 Å². The molecule has 2 amide bonds. The van der Waals surface area contributed by atoms with Gasteiger partial charge in [-0.2, -0.15) is 4.72 Å². The number of rotatable bonds is 3. The van der Waals surface area contributed by atoms with Crippen LogP contribution in [0.4, 0.5) is 4.39 Å². The zero-order valence-corrected chi connectivity index (χ0v) is 11.6. The highest BCUT2D eigenvalue weighted by Crippen LogP contribution is 2.22. The van der Waals surface area contributed by atoms with E-state index in [1.54, 1.807) is 0 Å². The molecule has 1 aromatic carbocycles. The summed E-state index contributed by atoms with van der Waals surface area (Å²) in [6, 6.07) is 1.80. The maximum absolute atomic E-state index is 13.1. The first-order chi connectivity index (χ1) is 9.29. The molecule has 6 nitrogen and oxygen atoms in total. The van der Waals surface area contributed by atoms with E-state index < -0.39 is 38.6 Å². The third-order valence-electron chi connectivity index (χ3n) is 2.72. The quantitative estimate of drug-likeness (QED) is 0.796. The average Bonchev–Trinajstić information content (AvgIpc) is 2.35. The number of nitrogens with one attached hydrogen (secondary N) is 2. The van der Waals surface area contributed by atoms with Gasteiger partial charge in [0.1, 0.15) is 16.8 Å². The third kappa shape index (κ3) is 3.14. The molecule has 2 N–H and O–H groups in total. The van der Waals surface area contributed by atoms with Crippen LogP contribution in [0.3, 0.4) is 0 Å². The number of piperidine rings is 1. The van der Waals surface area contributed by atoms with Crippen molar-refractivity contribution in [3.05, 3.63) is 29.0 Å². The fourth-order valence-corrected chi connectivity index (χ4v) is 3.48. The monoisotopic (exact) mass is 320 g/mol. The second-order valence-corrected chi connectivity index (χ2v) is 6.29. The molecule has 1 saturated heterocycles. The lowest BCUT2D eigenvalue weighted by atomic mass is 10.1. The minimum atomic E-state index is -4.16. The van der Waals surface area contributed by atoms with Gasteiger partial charge in [0.25, 0.3) is 0 Å². The number of benzene rings is 1. The van der Waals surface area contributed by atoms with E-state index in [0.717, 1.165) is 18.2 Å². The van der Waals surface area contributed by atoms with Gasteiger partial charge in [0.05, 0.1) is 5.02 Å². The van der Waals surface area contributed by atoms with Crippen molar-refractivity contribution >= 4 is 33.4 Å². The molecule has 0 saturated carbocycles. The Labute approximate surface area is 119 Å². The number of hydrogen-bond acceptors (Lipinski definition) is 4. The first-order valence-corrected chi connectivity index (χ1v) is 7.47. The van der Waals surface area contributed by atoms with Gasteiger partial charge in [0.2, 0.25) is 21.8 Å². The van der Waals surface area contributed by atoms with Crippen molar-refractivity contribution in [2.75, 3.05) is 0 Å². The summed E-state index contributed by atoms with van der Waals surface area (Å²) >= 11 is 5.72. The van der Waals surface area contributed by atoms with Crippen molar-refractivity contribution < 1.29 is 22.4 Å². The fraction of sp³-hybridized carbons (Fsp3) is 0.273. The van der Waals surface area contributed by atoms with Crippen molar-refractivity contribution in [1.82, 2.24) is 10.0 Å². The molecule has 1 unspecified atom stereocenters. The lowest BCUT2D eigenvalue weighted by molar-refractivity contribution is -0.134. The molecule has 108 valence electrons. The van der Waals surface area contributed by atoms with Gasteiger partial charge in [0.15, 0.2) is 0 Å². The van der Waals surface area contributed by atoms with Crippen molar-refractivity contribution in [3.63, 3.8) is 0 Å². The molecule has 1 aromatic rings. The lowest BCUT2D eigenvalue weighted by Gasteiger charge is -2.21. The summed E-state index contributed by atoms with van der Waals surface area (Å²) in [6.07, 6.45) is 0.0621. The van der Waals surface area contributed by atoms with Gasteiger partial charge in [-0.05, 0) is 24.6 Å². The minimum absolute atomic E-state index is 0.0236. The Bertz CT molecular complexity index is 677. The zero-order chi connectivity index (χ0) is 14.9. The highest BCUT2D eigenvalue weighted by atomic mass is 35.5. The predicted molar refractivity (Wildman–Crippen MR) is 67.9 cm³/mol. The van der Waals surface area contributed by atoms with Gasteiger partial charge in [-0.3, -0.25) is 14.9 Å². The molecule has 0 bridgehead atoms. The molecular formula is C11H10ClFN2O4S. The highest BCUT2D eigenvalue weighted by molar-refractivity contribution is 7.89. The maximum atomic E-state index is 13.1. The largest absolute Gasteiger partial charge is 0.295 e. The van der Waals surface area contributed by atoms with E-state index in [9.17, 15) is 22.4 Å². The number of halogens is 2. The number of hydrogen-bond donors (Lipinski definition) is 2. The second-order valence-electron chi connectivity index (χ2n) is 4.20. The van der Waals surface area contributed by atoms with Crippen LogP contribution in [0.5, 0.6) is 0 Å². The first kappa shape index (κ1) is 14.9. The van der Waals surface area contributed by atoms with Crippen molar-refractivity contribution in [1.29, 1.82) is 0 Å². The number of sulfonamides is 1. The molecule has 1 heterocycles. The molecule has 1 fully saturated rings. The summed E-state index contributed by atoms with van der Waals surface area (Å²) < 4.78 is 39.4. The maximum Gasteiger partial charge on any atom is 0.244 e. The van der Waals surface area contributed by atoms with Crippen LogP contribution in [0, 0.1) is 5.82 Å². The molecule has 20 heavy (non-hydrogen) atoms. The predicted octanol–water partition coefficient (Wildman–Crippen LogP) is 0.563. The molecule has 0 aromatic heterocycles. The third-order valence-corrected chi connectivity index (χ3v) is 4.67. The molecule has 1 aliphatic heterocycles. The van der Waals surface area contributed by atoms with Crippen LogP contribution in [-0.2, 0) is 19.6 Å². The first-order valence-electron chi connectivity index (χ1n) is 5.60. The summed E-state index contributed by atoms with van der Waals surface area (Å²) in [7, 11) is -4.16. The molecule has 2 rings (SSSR count). The van der Waals surface area contributed by atoms with E-state index in [4.69, 9.17) is 11.6 Å². The molecule has 0 radical (unpaired) electrons. The Morgan fingerprint density at radius 2 is 2.05 bits per heavy atom. The van der Waals surface area contributed by atoms with Gasteiger partial charge in [-0.1, -0.05) is 11.6 Å². The molecule has 9 heteroatoms. The second kappa shape index (κ2) is 5.47. The standard InChI is InChI=1S/C11H10ClFN2O4S/c12-7-2-1-6(13)5-9(7)20(18,19)15-8-3-4-10(16)14-11(8)17/h1-2,5,8,15H,3-4H2,(H,14,16,17). The van der Waals surface area contributed by atoms with Gasteiger partial charge < -0.3 is 0 Å². The van der Waals surface area contributed by atoms with Crippen LogP contribution < -0.4 is 10.0 Å². The molecule has 1 aliphatic rings. The molecule has 0 aliphatic carbocycles. The Hall–Kier alpha value is -1.51. The molecule has 1 atom stereocenters.